The molecule has 3 aromatic heterocycles. The third-order valence-corrected chi connectivity index (χ3v) is 3.91. The Bertz CT molecular complexity index is 721. The summed E-state index contributed by atoms with van der Waals surface area (Å²) in [5.41, 5.74) is 1.17. The summed E-state index contributed by atoms with van der Waals surface area (Å²) in [6.07, 6.45) is 1.62. The van der Waals surface area contributed by atoms with Gasteiger partial charge in [0.25, 0.3) is 5.91 Å². The molecule has 19 heavy (non-hydrogen) atoms. The second kappa shape index (κ2) is 5.03. The molecule has 0 fully saturated rings. The number of hydrogen-bond acceptors (Lipinski definition) is 3. The molecule has 0 saturated carbocycles. The highest BCUT2D eigenvalue weighted by atomic mass is 35.5. The van der Waals surface area contributed by atoms with E-state index in [1.807, 2.05) is 23.6 Å². The summed E-state index contributed by atoms with van der Waals surface area (Å²) < 4.78 is 0. The molecule has 0 unspecified atom stereocenters. The summed E-state index contributed by atoms with van der Waals surface area (Å²) in [4.78, 5) is 20.1. The van der Waals surface area contributed by atoms with E-state index in [0.29, 0.717) is 22.9 Å². The van der Waals surface area contributed by atoms with E-state index < -0.39 is 0 Å². The van der Waals surface area contributed by atoms with Gasteiger partial charge >= 0.3 is 0 Å². The van der Waals surface area contributed by atoms with E-state index in [-0.39, 0.29) is 5.91 Å². The Morgan fingerprint density at radius 2 is 2.37 bits per heavy atom. The lowest BCUT2D eigenvalue weighted by Gasteiger charge is -2.00. The minimum atomic E-state index is -0.152. The van der Waals surface area contributed by atoms with Gasteiger partial charge in [-0.2, -0.15) is 0 Å². The molecule has 1 amide bonds. The molecule has 0 aliphatic rings. The average Bonchev–Trinajstić information content (AvgIpc) is 3.05. The number of rotatable bonds is 3. The van der Waals surface area contributed by atoms with Crippen molar-refractivity contribution in [1.82, 2.24) is 15.3 Å². The summed E-state index contributed by atoms with van der Waals surface area (Å²) in [6, 6.07) is 7.53. The first-order valence-electron chi connectivity index (χ1n) is 5.68. The molecule has 3 heterocycles. The van der Waals surface area contributed by atoms with Crippen LogP contribution in [-0.4, -0.2) is 15.9 Å². The van der Waals surface area contributed by atoms with Crippen LogP contribution in [0.25, 0.3) is 10.9 Å². The summed E-state index contributed by atoms with van der Waals surface area (Å²) in [5.74, 6) is -0.152. The van der Waals surface area contributed by atoms with Crippen LogP contribution in [0.5, 0.6) is 0 Å². The normalized spacial score (nSPS) is 10.8. The molecule has 0 aliphatic heterocycles. The summed E-state index contributed by atoms with van der Waals surface area (Å²) >= 11 is 7.57. The van der Waals surface area contributed by atoms with Gasteiger partial charge in [-0.15, -0.1) is 11.3 Å². The quantitative estimate of drug-likeness (QED) is 0.728. The summed E-state index contributed by atoms with van der Waals surface area (Å²) in [6.45, 7) is 0.526. The molecule has 3 rings (SSSR count). The van der Waals surface area contributed by atoms with Crippen molar-refractivity contribution in [2.75, 3.05) is 0 Å². The van der Waals surface area contributed by atoms with E-state index in [2.05, 4.69) is 15.3 Å². The van der Waals surface area contributed by atoms with Gasteiger partial charge in [0.1, 0.15) is 5.69 Å². The Labute approximate surface area is 118 Å². The first-order valence-corrected chi connectivity index (χ1v) is 6.93. The number of nitrogens with zero attached hydrogens (tertiary/aromatic N) is 1. The minimum Gasteiger partial charge on any atom is -0.348 e. The highest BCUT2D eigenvalue weighted by Gasteiger charge is 2.11. The maximum atomic E-state index is 12.0. The van der Waals surface area contributed by atoms with Crippen LogP contribution in [0.2, 0.25) is 5.15 Å². The van der Waals surface area contributed by atoms with Gasteiger partial charge in [0, 0.05) is 16.5 Å². The maximum absolute atomic E-state index is 12.0. The second-order valence-corrected chi connectivity index (χ2v) is 5.40. The highest BCUT2D eigenvalue weighted by molar-refractivity contribution is 7.09. The fraction of sp³-hybridized carbons (Fsp3) is 0.0769. The summed E-state index contributed by atoms with van der Waals surface area (Å²) in [5, 5.41) is 6.09. The number of pyridine rings is 1. The fourth-order valence-electron chi connectivity index (χ4n) is 1.82. The van der Waals surface area contributed by atoms with Crippen molar-refractivity contribution in [3.05, 3.63) is 51.6 Å². The van der Waals surface area contributed by atoms with E-state index in [0.717, 1.165) is 10.3 Å². The van der Waals surface area contributed by atoms with Crippen LogP contribution in [0.4, 0.5) is 0 Å². The lowest BCUT2D eigenvalue weighted by Crippen LogP contribution is -2.22. The highest BCUT2D eigenvalue weighted by Crippen LogP contribution is 2.21. The van der Waals surface area contributed by atoms with Gasteiger partial charge in [-0.1, -0.05) is 17.7 Å². The predicted octanol–water partition coefficient (Wildman–Crippen LogP) is 3.21. The van der Waals surface area contributed by atoms with Gasteiger partial charge in [-0.25, -0.2) is 4.98 Å². The van der Waals surface area contributed by atoms with Gasteiger partial charge in [-0.05, 0) is 23.6 Å². The molecule has 0 atom stereocenters. The Kier molecular flexibility index (Phi) is 3.23. The number of hydrogen-bond donors (Lipinski definition) is 2. The molecule has 3 aromatic rings. The molecule has 0 radical (unpaired) electrons. The molecule has 6 heteroatoms. The Morgan fingerprint density at radius 3 is 3.11 bits per heavy atom. The fourth-order valence-corrected chi connectivity index (χ4v) is 2.68. The van der Waals surface area contributed by atoms with Crippen LogP contribution in [0.15, 0.2) is 35.8 Å². The molecule has 0 bridgehead atoms. The number of nitrogens with one attached hydrogen (secondary N) is 2. The van der Waals surface area contributed by atoms with E-state index in [1.165, 1.54) is 0 Å². The molecule has 0 saturated heterocycles. The van der Waals surface area contributed by atoms with Crippen molar-refractivity contribution in [3.8, 4) is 0 Å². The topological polar surface area (TPSA) is 57.8 Å². The molecule has 0 spiro atoms. The van der Waals surface area contributed by atoms with Gasteiger partial charge < -0.3 is 10.3 Å². The molecule has 2 N–H and O–H groups in total. The molecular weight excluding hydrogens is 282 g/mol. The van der Waals surface area contributed by atoms with Crippen LogP contribution in [0, 0.1) is 0 Å². The predicted molar refractivity (Wildman–Crippen MR) is 76.6 cm³/mol. The van der Waals surface area contributed by atoms with Gasteiger partial charge in [-0.3, -0.25) is 4.79 Å². The number of fused-ring (bicyclic) bond motifs is 1. The van der Waals surface area contributed by atoms with Gasteiger partial charge in [0.15, 0.2) is 5.15 Å². The molecular formula is C13H10ClN3OS. The van der Waals surface area contributed by atoms with Crippen molar-refractivity contribution in [1.29, 1.82) is 0 Å². The molecule has 96 valence electrons. The van der Waals surface area contributed by atoms with Gasteiger partial charge in [0.2, 0.25) is 0 Å². The number of aromatic amines is 1. The van der Waals surface area contributed by atoms with E-state index in [4.69, 9.17) is 11.6 Å². The van der Waals surface area contributed by atoms with Crippen molar-refractivity contribution in [2.45, 2.75) is 6.54 Å². The zero-order valence-electron chi connectivity index (χ0n) is 9.81. The standard InChI is InChI=1S/C13H10ClN3OS/c14-12-11-8(3-4-15-12)6-10(17-11)13(18)16-7-9-2-1-5-19-9/h1-6,17H,7H2,(H,16,18). The second-order valence-electron chi connectivity index (χ2n) is 4.01. The SMILES string of the molecule is O=C(NCc1cccs1)c1cc2ccnc(Cl)c2[nH]1. The number of aromatic nitrogens is 2. The zero-order chi connectivity index (χ0) is 13.2. The minimum absolute atomic E-state index is 0.152. The first-order chi connectivity index (χ1) is 9.24. The third-order valence-electron chi connectivity index (χ3n) is 2.74. The Morgan fingerprint density at radius 1 is 1.47 bits per heavy atom. The largest absolute Gasteiger partial charge is 0.348 e. The lowest BCUT2D eigenvalue weighted by atomic mass is 10.3. The van der Waals surface area contributed by atoms with Crippen molar-refractivity contribution < 1.29 is 4.79 Å². The number of halogens is 1. The first kappa shape index (κ1) is 12.2. The smallest absolute Gasteiger partial charge is 0.268 e. The average molecular weight is 292 g/mol. The molecule has 0 aliphatic carbocycles. The number of thiophene rings is 1. The van der Waals surface area contributed by atoms with Crippen molar-refractivity contribution >= 4 is 39.7 Å². The molecule has 4 nitrogen and oxygen atoms in total. The lowest BCUT2D eigenvalue weighted by molar-refractivity contribution is 0.0947. The zero-order valence-corrected chi connectivity index (χ0v) is 11.4. The van der Waals surface area contributed by atoms with Crippen molar-refractivity contribution in [3.63, 3.8) is 0 Å². The van der Waals surface area contributed by atoms with Gasteiger partial charge in [0.05, 0.1) is 12.1 Å². The Hall–Kier alpha value is -1.85. The van der Waals surface area contributed by atoms with Crippen LogP contribution in [-0.2, 0) is 6.54 Å². The number of amides is 1. The summed E-state index contributed by atoms with van der Waals surface area (Å²) in [7, 11) is 0. The van der Waals surface area contributed by atoms with Crippen molar-refractivity contribution in [2.24, 2.45) is 0 Å². The van der Waals surface area contributed by atoms with Crippen LogP contribution >= 0.6 is 22.9 Å². The van der Waals surface area contributed by atoms with Crippen LogP contribution < -0.4 is 5.32 Å². The maximum Gasteiger partial charge on any atom is 0.268 e. The van der Waals surface area contributed by atoms with E-state index in [1.54, 1.807) is 23.6 Å². The van der Waals surface area contributed by atoms with E-state index in [9.17, 15) is 4.79 Å². The Balaban J connectivity index is 1.80. The van der Waals surface area contributed by atoms with Crippen LogP contribution in [0.1, 0.15) is 15.4 Å². The van der Waals surface area contributed by atoms with Crippen LogP contribution in [0.3, 0.4) is 0 Å². The monoisotopic (exact) mass is 291 g/mol. The van der Waals surface area contributed by atoms with E-state index >= 15 is 0 Å². The number of carbonyl (C=O) groups is 1. The number of carbonyl (C=O) groups excluding carboxylic acids is 1. The third kappa shape index (κ3) is 2.47. The molecule has 0 aromatic carbocycles. The number of H-pyrrole nitrogens is 1.